The van der Waals surface area contributed by atoms with Gasteiger partial charge in [0.1, 0.15) is 0 Å². The van der Waals surface area contributed by atoms with Crippen LogP contribution in [0.1, 0.15) is 53.9 Å². The largest absolute Gasteiger partial charge is 0.481 e. The Morgan fingerprint density at radius 3 is 2.20 bits per heavy atom. The van der Waals surface area contributed by atoms with E-state index in [1.807, 2.05) is 20.8 Å². The second-order valence-corrected chi connectivity index (χ2v) is 7.44. The standard InChI is InChI=1S/C15H28O4S/c1-7-11(3)15(5,13(18)19-6)10-14(4,8-2)20-9-12(16)17/h11H,7-10H2,1-6H3,(H,16,17). The lowest BCUT2D eigenvalue weighted by Gasteiger charge is -2.40. The number of esters is 1. The van der Waals surface area contributed by atoms with Crippen molar-refractivity contribution in [2.45, 2.75) is 58.6 Å². The summed E-state index contributed by atoms with van der Waals surface area (Å²) < 4.78 is 4.74. The van der Waals surface area contributed by atoms with Gasteiger partial charge < -0.3 is 9.84 Å². The van der Waals surface area contributed by atoms with Crippen LogP contribution in [0.5, 0.6) is 0 Å². The number of carboxylic acid groups (broad SMARTS) is 1. The molecule has 0 aliphatic carbocycles. The zero-order valence-electron chi connectivity index (χ0n) is 13.5. The number of carbonyl (C=O) groups is 2. The van der Waals surface area contributed by atoms with Crippen LogP contribution in [0.2, 0.25) is 0 Å². The maximum Gasteiger partial charge on any atom is 0.313 e. The van der Waals surface area contributed by atoms with Crippen molar-refractivity contribution in [2.24, 2.45) is 11.3 Å². The highest BCUT2D eigenvalue weighted by atomic mass is 32.2. The summed E-state index contributed by atoms with van der Waals surface area (Å²) >= 11 is 1.41. The molecule has 3 atom stereocenters. The maximum atomic E-state index is 12.2. The van der Waals surface area contributed by atoms with Gasteiger partial charge in [-0.05, 0) is 25.7 Å². The van der Waals surface area contributed by atoms with Crippen LogP contribution in [0, 0.1) is 11.3 Å². The van der Waals surface area contributed by atoms with E-state index in [0.717, 1.165) is 12.8 Å². The Bertz CT molecular complexity index is 345. The van der Waals surface area contributed by atoms with Crippen molar-refractivity contribution in [3.63, 3.8) is 0 Å². The fraction of sp³-hybridized carbons (Fsp3) is 0.867. The van der Waals surface area contributed by atoms with Crippen LogP contribution >= 0.6 is 11.8 Å². The molecular weight excluding hydrogens is 276 g/mol. The van der Waals surface area contributed by atoms with E-state index in [9.17, 15) is 9.59 Å². The van der Waals surface area contributed by atoms with Crippen molar-refractivity contribution in [1.29, 1.82) is 0 Å². The smallest absolute Gasteiger partial charge is 0.313 e. The maximum absolute atomic E-state index is 12.2. The van der Waals surface area contributed by atoms with Crippen LogP contribution in [-0.2, 0) is 14.3 Å². The Balaban J connectivity index is 5.19. The number of rotatable bonds is 9. The molecular formula is C15H28O4S. The van der Waals surface area contributed by atoms with E-state index in [-0.39, 0.29) is 22.4 Å². The molecule has 5 heteroatoms. The van der Waals surface area contributed by atoms with Crippen molar-refractivity contribution in [1.82, 2.24) is 0 Å². The molecule has 0 aromatic rings. The summed E-state index contributed by atoms with van der Waals surface area (Å²) in [4.78, 5) is 23.0. The second kappa shape index (κ2) is 7.91. The quantitative estimate of drug-likeness (QED) is 0.660. The first-order valence-electron chi connectivity index (χ1n) is 7.09. The average molecular weight is 304 g/mol. The van der Waals surface area contributed by atoms with Crippen LogP contribution in [0.3, 0.4) is 0 Å². The normalized spacial score (nSPS) is 18.7. The van der Waals surface area contributed by atoms with Gasteiger partial charge in [0.2, 0.25) is 0 Å². The van der Waals surface area contributed by atoms with Gasteiger partial charge in [-0.25, -0.2) is 0 Å². The molecule has 0 aliphatic heterocycles. The van der Waals surface area contributed by atoms with Crippen LogP contribution in [-0.4, -0.2) is 34.7 Å². The number of hydrogen-bond donors (Lipinski definition) is 1. The molecule has 0 spiro atoms. The van der Waals surface area contributed by atoms with Crippen LogP contribution in [0.4, 0.5) is 0 Å². The Hall–Kier alpha value is -0.710. The number of thioether (sulfide) groups is 1. The number of hydrogen-bond acceptors (Lipinski definition) is 4. The number of methoxy groups -OCH3 is 1. The van der Waals surface area contributed by atoms with E-state index >= 15 is 0 Å². The van der Waals surface area contributed by atoms with Gasteiger partial charge in [0.15, 0.2) is 0 Å². The lowest BCUT2D eigenvalue weighted by atomic mass is 9.70. The SMILES string of the molecule is CCC(C)C(C)(CC(C)(CC)SCC(=O)O)C(=O)OC. The predicted octanol–water partition coefficient (Wildman–Crippen LogP) is 3.59. The molecule has 1 N–H and O–H groups in total. The van der Waals surface area contributed by atoms with Gasteiger partial charge in [0.05, 0.1) is 18.3 Å². The number of carboxylic acids is 1. The van der Waals surface area contributed by atoms with Gasteiger partial charge >= 0.3 is 11.9 Å². The van der Waals surface area contributed by atoms with Crippen LogP contribution in [0.25, 0.3) is 0 Å². The monoisotopic (exact) mass is 304 g/mol. The van der Waals surface area contributed by atoms with Crippen molar-refractivity contribution >= 4 is 23.7 Å². The molecule has 3 unspecified atom stereocenters. The summed E-state index contributed by atoms with van der Waals surface area (Å²) in [5.74, 6) is -0.783. The molecule has 0 saturated heterocycles. The minimum Gasteiger partial charge on any atom is -0.481 e. The summed E-state index contributed by atoms with van der Waals surface area (Å²) in [5, 5.41) is 8.87. The van der Waals surface area contributed by atoms with Gasteiger partial charge in [-0.1, -0.05) is 34.1 Å². The zero-order valence-corrected chi connectivity index (χ0v) is 14.3. The molecule has 4 nitrogen and oxygen atoms in total. The van der Waals surface area contributed by atoms with Gasteiger partial charge in [-0.3, -0.25) is 9.59 Å². The van der Waals surface area contributed by atoms with Crippen LogP contribution in [0.15, 0.2) is 0 Å². The Kier molecular flexibility index (Phi) is 7.63. The van der Waals surface area contributed by atoms with Crippen molar-refractivity contribution in [2.75, 3.05) is 12.9 Å². The van der Waals surface area contributed by atoms with Crippen molar-refractivity contribution in [3.8, 4) is 0 Å². The Morgan fingerprint density at radius 1 is 1.30 bits per heavy atom. The molecule has 118 valence electrons. The number of carbonyl (C=O) groups excluding carboxylic acids is 1. The van der Waals surface area contributed by atoms with E-state index in [2.05, 4.69) is 13.8 Å². The fourth-order valence-electron chi connectivity index (χ4n) is 2.42. The average Bonchev–Trinajstić information content (AvgIpc) is 2.42. The summed E-state index contributed by atoms with van der Waals surface area (Å²) in [6.07, 6.45) is 2.32. The molecule has 0 fully saturated rings. The van der Waals surface area contributed by atoms with E-state index in [1.54, 1.807) is 0 Å². The molecule has 20 heavy (non-hydrogen) atoms. The molecule has 0 radical (unpaired) electrons. The molecule has 0 rings (SSSR count). The lowest BCUT2D eigenvalue weighted by Crippen LogP contribution is -2.41. The highest BCUT2D eigenvalue weighted by molar-refractivity contribution is 8.01. The highest BCUT2D eigenvalue weighted by Crippen LogP contribution is 2.45. The Labute approximate surface area is 126 Å². The molecule has 0 saturated carbocycles. The second-order valence-electron chi connectivity index (χ2n) is 5.88. The third-order valence-electron chi connectivity index (χ3n) is 4.38. The first kappa shape index (κ1) is 19.3. The Morgan fingerprint density at radius 2 is 1.85 bits per heavy atom. The lowest BCUT2D eigenvalue weighted by molar-refractivity contribution is -0.156. The predicted molar refractivity (Wildman–Crippen MR) is 83.0 cm³/mol. The first-order chi connectivity index (χ1) is 9.15. The van der Waals surface area contributed by atoms with Gasteiger partial charge in [-0.15, -0.1) is 11.8 Å². The van der Waals surface area contributed by atoms with Gasteiger partial charge in [0, 0.05) is 4.75 Å². The summed E-state index contributed by atoms with van der Waals surface area (Å²) in [6, 6.07) is 0. The molecule has 0 aliphatic rings. The summed E-state index contributed by atoms with van der Waals surface area (Å²) in [7, 11) is 1.41. The van der Waals surface area contributed by atoms with Gasteiger partial charge in [0.25, 0.3) is 0 Å². The molecule has 0 bridgehead atoms. The summed E-state index contributed by atoms with van der Waals surface area (Å²) in [5.41, 5.74) is -0.584. The van der Waals surface area contributed by atoms with Crippen LogP contribution < -0.4 is 0 Å². The highest BCUT2D eigenvalue weighted by Gasteiger charge is 2.44. The zero-order chi connectivity index (χ0) is 16.0. The molecule has 0 amide bonds. The third kappa shape index (κ3) is 5.00. The van der Waals surface area contributed by atoms with Gasteiger partial charge in [-0.2, -0.15) is 0 Å². The minimum absolute atomic E-state index is 0.0576. The molecule has 0 aromatic heterocycles. The first-order valence-corrected chi connectivity index (χ1v) is 8.08. The van der Waals surface area contributed by atoms with E-state index in [1.165, 1.54) is 18.9 Å². The van der Waals surface area contributed by atoms with E-state index in [0.29, 0.717) is 6.42 Å². The summed E-state index contributed by atoms with van der Waals surface area (Å²) in [6.45, 7) is 10.1. The van der Waals surface area contributed by atoms with Crippen molar-refractivity contribution in [3.05, 3.63) is 0 Å². The van der Waals surface area contributed by atoms with Crippen molar-refractivity contribution < 1.29 is 19.4 Å². The van der Waals surface area contributed by atoms with E-state index in [4.69, 9.17) is 9.84 Å². The number of aliphatic carboxylic acids is 1. The fourth-order valence-corrected chi connectivity index (χ4v) is 3.50. The minimum atomic E-state index is -0.821. The molecule has 0 aromatic carbocycles. The number of ether oxygens (including phenoxy) is 1. The molecule has 0 heterocycles. The van der Waals surface area contributed by atoms with E-state index < -0.39 is 11.4 Å². The topological polar surface area (TPSA) is 63.6 Å². The third-order valence-corrected chi connectivity index (χ3v) is 5.91.